The molecule has 4 fully saturated rings. The zero-order valence-electron chi connectivity index (χ0n) is 62.5. The Kier molecular flexibility index (Phi) is 29.5. The summed E-state index contributed by atoms with van der Waals surface area (Å²) in [7, 11) is -8.16. The van der Waals surface area contributed by atoms with Crippen LogP contribution in [0.2, 0.25) is 20.5 Å². The number of nitrogens with one attached hydrogen (secondary N) is 2. The third-order valence-electron chi connectivity index (χ3n) is 18.9. The summed E-state index contributed by atoms with van der Waals surface area (Å²) in [5, 5.41) is 5.40. The molecule has 22 nitrogen and oxygen atoms in total. The first-order chi connectivity index (χ1) is 55.5. The second-order valence-electron chi connectivity index (χ2n) is 27.2. The van der Waals surface area contributed by atoms with Gasteiger partial charge in [0.2, 0.25) is 0 Å². The van der Waals surface area contributed by atoms with E-state index >= 15 is 0 Å². The fourth-order valence-corrected chi connectivity index (χ4v) is 16.5. The van der Waals surface area contributed by atoms with Crippen molar-refractivity contribution >= 4 is 220 Å². The summed E-state index contributed by atoms with van der Waals surface area (Å²) in [4.78, 5) is 36.2. The van der Waals surface area contributed by atoms with Crippen LogP contribution >= 0.6 is 110 Å². The van der Waals surface area contributed by atoms with Crippen molar-refractivity contribution in [3.8, 4) is 11.1 Å². The molecule has 116 heavy (non-hydrogen) atoms. The van der Waals surface area contributed by atoms with Crippen molar-refractivity contribution < 1.29 is 49.1 Å². The molecule has 0 unspecified atom stereocenters. The van der Waals surface area contributed by atoms with Crippen molar-refractivity contribution in [1.29, 1.82) is 0 Å². The van der Waals surface area contributed by atoms with Crippen LogP contribution in [0.15, 0.2) is 235 Å². The van der Waals surface area contributed by atoms with Gasteiger partial charge in [0.15, 0.2) is 15.5 Å². The molecule has 0 bridgehead atoms. The minimum absolute atomic E-state index is 0.00546. The van der Waals surface area contributed by atoms with E-state index in [2.05, 4.69) is 187 Å². The van der Waals surface area contributed by atoms with Gasteiger partial charge in [-0.15, -0.1) is 0 Å². The molecule has 17 rings (SSSR count). The molecule has 0 radical (unpaired) electrons. The third kappa shape index (κ3) is 22.4. The van der Waals surface area contributed by atoms with Gasteiger partial charge in [0.1, 0.15) is 11.6 Å². The van der Waals surface area contributed by atoms with Gasteiger partial charge >= 0.3 is 7.12 Å². The molecule has 11 heterocycles. The largest absolute Gasteiger partial charge is 0.494 e. The number of nitrogen functional groups attached to an aromatic ring is 1. The van der Waals surface area contributed by atoms with E-state index < -0.39 is 31.7 Å². The summed E-state index contributed by atoms with van der Waals surface area (Å²) >= 11 is 36.7. The first-order valence-corrected chi connectivity index (χ1v) is 43.6. The Bertz CT molecular complexity index is 5890. The number of halogens is 10. The molecular formula is C81H74BBr4Cl4F2N13O9S2. The van der Waals surface area contributed by atoms with E-state index in [0.29, 0.717) is 34.1 Å². The Morgan fingerprint density at radius 2 is 0.793 bits per heavy atom. The third-order valence-corrected chi connectivity index (χ3v) is 24.8. The van der Waals surface area contributed by atoms with Gasteiger partial charge < -0.3 is 44.0 Å². The number of benzene rings is 6. The standard InChI is InChI=1S/C24H20ClFN4O3S.C19H25BN2O3.C13H13BrN2O.C11H7BrClFN2O2S.C9H5BrClN.C5H4BrClN2/c25-24-22(29-34(31,32)19-4-2-18(26)3-5-19)14-17(15-28-24)16-1-6-21-20(13-16)23(7-8-27-21)30-9-11-33-12-10-30;1-18(2)19(3,4)25-20(24-18)14-5-6-16-15(13-14)17(7-8-21-16)22-9-11-23-12-10-22;14-10-1-2-12-11(9-10)13(3-4-15-12)16-5-7-17-8-6-16;12-7-5-10(11(13)15-6-7)16-19(17,18)9-3-1-8(14)2-4-9;10-6-1-2-9-7(5-6)8(11)3-4-12-9;6-3-1-4(8)5(7)9-2-3/h1-8,13-15,29H,9-12H2;5-8,13H,9-12H2,1-4H3;1-4,9H,5-8H2;1-6,16H;1-5H;1-2H,8H2. The quantitative estimate of drug-likeness (QED) is 0.0802. The van der Waals surface area contributed by atoms with Gasteiger partial charge in [0, 0.05) is 145 Å². The van der Waals surface area contributed by atoms with E-state index in [1.807, 2.05) is 67.0 Å². The maximum atomic E-state index is 13.2. The molecule has 0 amide bonds. The van der Waals surface area contributed by atoms with Gasteiger partial charge in [-0.05, 0) is 216 Å². The van der Waals surface area contributed by atoms with Gasteiger partial charge in [-0.25, -0.2) is 40.6 Å². The Labute approximate surface area is 723 Å². The summed E-state index contributed by atoms with van der Waals surface area (Å²) < 4.78 is 113. The lowest BCUT2D eigenvalue weighted by Crippen LogP contribution is -2.41. The predicted molar refractivity (Wildman–Crippen MR) is 473 cm³/mol. The number of hydrogen-bond acceptors (Lipinski definition) is 20. The molecular weight excluding hydrogens is 1870 g/mol. The van der Waals surface area contributed by atoms with E-state index in [4.69, 9.17) is 75.7 Å². The zero-order chi connectivity index (χ0) is 82.5. The van der Waals surface area contributed by atoms with Crippen LogP contribution in [0.25, 0.3) is 54.7 Å². The number of hydrogen-bond donors (Lipinski definition) is 3. The Hall–Kier alpha value is -8.09. The number of aromatic nitrogens is 7. The van der Waals surface area contributed by atoms with Gasteiger partial charge in [0.05, 0.1) is 105 Å². The summed E-state index contributed by atoms with van der Waals surface area (Å²) in [6.07, 6.45) is 11.9. The Morgan fingerprint density at radius 3 is 1.25 bits per heavy atom. The first-order valence-electron chi connectivity index (χ1n) is 35.9. The Balaban J connectivity index is 0.000000135. The lowest BCUT2D eigenvalue weighted by Gasteiger charge is -2.32. The number of sulfonamides is 2. The highest BCUT2D eigenvalue weighted by Gasteiger charge is 2.52. The van der Waals surface area contributed by atoms with E-state index in [-0.39, 0.29) is 49.8 Å². The highest BCUT2D eigenvalue weighted by atomic mass is 79.9. The van der Waals surface area contributed by atoms with Crippen LogP contribution in [-0.2, 0) is 43.6 Å². The van der Waals surface area contributed by atoms with Gasteiger partial charge in [-0.3, -0.25) is 29.4 Å². The lowest BCUT2D eigenvalue weighted by atomic mass is 9.78. The number of ether oxygens (including phenoxy) is 3. The molecule has 4 aliphatic heterocycles. The maximum absolute atomic E-state index is 13.2. The SMILES string of the molecule is Brc1ccc2nccc(N3CCOCC3)c2c1.CC1(C)OB(c2ccc3nccc(N4CCOCC4)c3c2)OC1(C)C.Clc1ccnc2ccc(Br)cc12.Nc1cc(Br)cnc1Cl.O=S(=O)(Nc1cc(-c2ccc3nccc(N4CCOCC4)c3c2)cnc1Cl)c1ccc(F)cc1.O=S(=O)(Nc1cc(Br)cnc1Cl)c1ccc(F)cc1. The monoisotopic (exact) mass is 1940 g/mol. The molecule has 602 valence electrons. The summed E-state index contributed by atoms with van der Waals surface area (Å²) in [5.41, 5.74) is 15.3. The normalized spacial score (nSPS) is 15.2. The van der Waals surface area contributed by atoms with Gasteiger partial charge in [0.25, 0.3) is 20.0 Å². The summed E-state index contributed by atoms with van der Waals surface area (Å²) in [6, 6.07) is 45.9. The molecule has 4 saturated heterocycles. The molecule has 7 aromatic heterocycles. The fraction of sp³-hybridized carbons (Fsp3) is 0.222. The van der Waals surface area contributed by atoms with Crippen LogP contribution in [0.1, 0.15) is 27.7 Å². The molecule has 4 N–H and O–H groups in total. The molecule has 6 aromatic carbocycles. The second-order valence-corrected chi connectivity index (χ2v) is 35.7. The van der Waals surface area contributed by atoms with Crippen molar-refractivity contribution in [2.75, 3.05) is 109 Å². The second kappa shape index (κ2) is 39.2. The van der Waals surface area contributed by atoms with Crippen LogP contribution in [0.5, 0.6) is 0 Å². The predicted octanol–water partition coefficient (Wildman–Crippen LogP) is 19.1. The summed E-state index contributed by atoms with van der Waals surface area (Å²) in [5.74, 6) is -1.04. The Morgan fingerprint density at radius 1 is 0.414 bits per heavy atom. The minimum Gasteiger partial charge on any atom is -0.399 e. The lowest BCUT2D eigenvalue weighted by molar-refractivity contribution is 0.00578. The smallest absolute Gasteiger partial charge is 0.399 e. The van der Waals surface area contributed by atoms with Crippen molar-refractivity contribution in [3.05, 3.63) is 257 Å². The van der Waals surface area contributed by atoms with E-state index in [0.717, 1.165) is 175 Å². The number of nitrogens with zero attached hydrogens (tertiary/aromatic N) is 10. The van der Waals surface area contributed by atoms with Crippen LogP contribution in [0.4, 0.5) is 42.9 Å². The number of rotatable bonds is 11. The maximum Gasteiger partial charge on any atom is 0.494 e. The number of morpholine rings is 3. The fourth-order valence-electron chi connectivity index (χ4n) is 12.3. The average molecular weight is 1950 g/mol. The van der Waals surface area contributed by atoms with Crippen LogP contribution in [0.3, 0.4) is 0 Å². The van der Waals surface area contributed by atoms with E-state index in [1.54, 1.807) is 43.0 Å². The van der Waals surface area contributed by atoms with Crippen LogP contribution in [0, 0.1) is 11.6 Å². The summed E-state index contributed by atoms with van der Waals surface area (Å²) in [6.45, 7) is 18.1. The zero-order valence-corrected chi connectivity index (χ0v) is 73.5. The minimum atomic E-state index is -3.98. The molecule has 13 aromatic rings. The molecule has 0 spiro atoms. The van der Waals surface area contributed by atoms with E-state index in [1.165, 1.54) is 41.2 Å². The average Bonchev–Trinajstić information content (AvgIpc) is 1.61. The molecule has 0 aliphatic carbocycles. The molecule has 4 aliphatic rings. The number of anilines is 6. The highest BCUT2D eigenvalue weighted by molar-refractivity contribution is 9.11. The number of nitrogens with two attached hydrogens (primary N) is 1. The number of pyridine rings is 7. The topological polar surface area (TPSA) is 264 Å². The van der Waals surface area contributed by atoms with Crippen LogP contribution < -0.4 is 35.3 Å². The van der Waals surface area contributed by atoms with Gasteiger partial charge in [-0.2, -0.15) is 0 Å². The van der Waals surface area contributed by atoms with Crippen molar-refractivity contribution in [2.45, 2.75) is 48.7 Å². The first kappa shape index (κ1) is 87.2. The van der Waals surface area contributed by atoms with E-state index in [9.17, 15) is 25.6 Å². The highest BCUT2D eigenvalue weighted by Crippen LogP contribution is 2.39. The van der Waals surface area contributed by atoms with Gasteiger partial charge in [-0.1, -0.05) is 96.5 Å². The van der Waals surface area contributed by atoms with Crippen LogP contribution in [-0.4, -0.2) is 149 Å². The van der Waals surface area contributed by atoms with Crippen molar-refractivity contribution in [2.24, 2.45) is 0 Å². The molecule has 35 heteroatoms. The molecule has 0 atom stereocenters. The number of fused-ring (bicyclic) bond motifs is 4. The van der Waals surface area contributed by atoms with Crippen molar-refractivity contribution in [3.63, 3.8) is 0 Å². The molecule has 0 saturated carbocycles. The van der Waals surface area contributed by atoms with Crippen molar-refractivity contribution in [1.82, 2.24) is 34.9 Å².